The summed E-state index contributed by atoms with van der Waals surface area (Å²) in [7, 11) is 0. The second kappa shape index (κ2) is 3.59. The average molecular weight is 165 g/mol. The summed E-state index contributed by atoms with van der Waals surface area (Å²) < 4.78 is 0. The third-order valence-electron chi connectivity index (χ3n) is 1.88. The highest BCUT2D eigenvalue weighted by molar-refractivity contribution is 5.41. The summed E-state index contributed by atoms with van der Waals surface area (Å²) in [6.07, 6.45) is -0.409. The summed E-state index contributed by atoms with van der Waals surface area (Å²) >= 11 is 0. The van der Waals surface area contributed by atoms with E-state index in [1.807, 2.05) is 38.1 Å². The van der Waals surface area contributed by atoms with Crippen molar-refractivity contribution in [3.05, 3.63) is 29.8 Å². The lowest BCUT2D eigenvalue weighted by Gasteiger charge is -2.14. The van der Waals surface area contributed by atoms with E-state index in [1.54, 1.807) is 0 Å². The number of hydrogen-bond acceptors (Lipinski definition) is 2. The van der Waals surface area contributed by atoms with Gasteiger partial charge in [-0.1, -0.05) is 26.0 Å². The predicted molar refractivity (Wildman–Crippen MR) is 50.7 cm³/mol. The van der Waals surface area contributed by atoms with Crippen LogP contribution < -0.4 is 5.73 Å². The molecule has 0 saturated carbocycles. The molecule has 2 heteroatoms. The normalized spacial score (nSPS) is 13.3. The van der Waals surface area contributed by atoms with E-state index in [4.69, 9.17) is 5.73 Å². The van der Waals surface area contributed by atoms with E-state index in [1.165, 1.54) is 0 Å². The first-order chi connectivity index (χ1) is 5.61. The van der Waals surface area contributed by atoms with Crippen LogP contribution in [0.4, 0.5) is 5.69 Å². The first kappa shape index (κ1) is 9.07. The van der Waals surface area contributed by atoms with Crippen LogP contribution in [0.3, 0.4) is 0 Å². The number of nitrogen functional groups attached to an aromatic ring is 1. The molecular weight excluding hydrogens is 150 g/mol. The Bertz CT molecular complexity index is 258. The van der Waals surface area contributed by atoms with Crippen LogP contribution in [-0.4, -0.2) is 5.11 Å². The zero-order valence-corrected chi connectivity index (χ0v) is 7.49. The molecule has 0 aliphatic carbocycles. The van der Waals surface area contributed by atoms with E-state index in [9.17, 15) is 5.11 Å². The summed E-state index contributed by atoms with van der Waals surface area (Å²) in [5.74, 6) is 0.229. The Hall–Kier alpha value is -1.02. The topological polar surface area (TPSA) is 46.2 Å². The van der Waals surface area contributed by atoms with Gasteiger partial charge >= 0.3 is 0 Å². The van der Waals surface area contributed by atoms with Gasteiger partial charge in [0.25, 0.3) is 0 Å². The Kier molecular flexibility index (Phi) is 2.71. The standard InChI is InChI=1S/C10H15NO/c1-7(2)10(12)8-4-3-5-9(11)6-8/h3-7,10,12H,11H2,1-2H3. The average Bonchev–Trinajstić information content (AvgIpc) is 2.03. The lowest BCUT2D eigenvalue weighted by Crippen LogP contribution is -2.05. The lowest BCUT2D eigenvalue weighted by molar-refractivity contribution is 0.127. The van der Waals surface area contributed by atoms with Crippen molar-refractivity contribution in [3.8, 4) is 0 Å². The number of nitrogens with two attached hydrogens (primary N) is 1. The largest absolute Gasteiger partial charge is 0.399 e. The first-order valence-electron chi connectivity index (χ1n) is 4.14. The van der Waals surface area contributed by atoms with Gasteiger partial charge in [-0.25, -0.2) is 0 Å². The van der Waals surface area contributed by atoms with Gasteiger partial charge < -0.3 is 10.8 Å². The molecule has 0 aromatic heterocycles. The molecule has 0 amide bonds. The minimum Gasteiger partial charge on any atom is -0.399 e. The van der Waals surface area contributed by atoms with Gasteiger partial charge in [0.2, 0.25) is 0 Å². The molecule has 1 atom stereocenters. The number of rotatable bonds is 2. The van der Waals surface area contributed by atoms with Crippen molar-refractivity contribution in [1.82, 2.24) is 0 Å². The van der Waals surface area contributed by atoms with Crippen molar-refractivity contribution in [2.45, 2.75) is 20.0 Å². The first-order valence-corrected chi connectivity index (χ1v) is 4.14. The maximum atomic E-state index is 9.67. The SMILES string of the molecule is CC(C)C(O)c1cccc(N)c1. The molecular formula is C10H15NO. The van der Waals surface area contributed by atoms with Crippen LogP contribution >= 0.6 is 0 Å². The van der Waals surface area contributed by atoms with Crippen molar-refractivity contribution in [2.24, 2.45) is 5.92 Å². The molecule has 1 aromatic rings. The van der Waals surface area contributed by atoms with Gasteiger partial charge in [0, 0.05) is 5.69 Å². The van der Waals surface area contributed by atoms with E-state index >= 15 is 0 Å². The molecule has 1 unspecified atom stereocenters. The van der Waals surface area contributed by atoms with E-state index in [2.05, 4.69) is 0 Å². The van der Waals surface area contributed by atoms with E-state index in [0.29, 0.717) is 5.69 Å². The van der Waals surface area contributed by atoms with Crippen molar-refractivity contribution in [3.63, 3.8) is 0 Å². The predicted octanol–water partition coefficient (Wildman–Crippen LogP) is 1.96. The highest BCUT2D eigenvalue weighted by atomic mass is 16.3. The van der Waals surface area contributed by atoms with Gasteiger partial charge in [-0.05, 0) is 23.6 Å². The third-order valence-corrected chi connectivity index (χ3v) is 1.88. The summed E-state index contributed by atoms with van der Waals surface area (Å²) in [6.45, 7) is 3.96. The fourth-order valence-corrected chi connectivity index (χ4v) is 1.13. The van der Waals surface area contributed by atoms with E-state index in [-0.39, 0.29) is 5.92 Å². The van der Waals surface area contributed by atoms with Gasteiger partial charge in [-0.3, -0.25) is 0 Å². The quantitative estimate of drug-likeness (QED) is 0.658. The van der Waals surface area contributed by atoms with Gasteiger partial charge in [0.1, 0.15) is 0 Å². The maximum Gasteiger partial charge on any atom is 0.0813 e. The van der Waals surface area contributed by atoms with E-state index in [0.717, 1.165) is 5.56 Å². The second-order valence-corrected chi connectivity index (χ2v) is 3.36. The fraction of sp³-hybridized carbons (Fsp3) is 0.400. The molecule has 0 saturated heterocycles. The molecule has 3 N–H and O–H groups in total. The van der Waals surface area contributed by atoms with Crippen molar-refractivity contribution in [1.29, 1.82) is 0 Å². The van der Waals surface area contributed by atoms with Crippen LogP contribution in [0.5, 0.6) is 0 Å². The van der Waals surface area contributed by atoms with Gasteiger partial charge in [-0.15, -0.1) is 0 Å². The van der Waals surface area contributed by atoms with Gasteiger partial charge in [0.15, 0.2) is 0 Å². The molecule has 1 aromatic carbocycles. The van der Waals surface area contributed by atoms with Gasteiger partial charge in [0.05, 0.1) is 6.10 Å². The molecule has 0 bridgehead atoms. The minimum atomic E-state index is -0.409. The number of benzene rings is 1. The molecule has 1 rings (SSSR count). The van der Waals surface area contributed by atoms with Crippen molar-refractivity contribution >= 4 is 5.69 Å². The summed E-state index contributed by atoms with van der Waals surface area (Å²) in [6, 6.07) is 7.37. The Morgan fingerprint density at radius 2 is 2.00 bits per heavy atom. The molecule has 12 heavy (non-hydrogen) atoms. The van der Waals surface area contributed by atoms with Crippen LogP contribution in [0.2, 0.25) is 0 Å². The molecule has 0 aliphatic rings. The van der Waals surface area contributed by atoms with Crippen LogP contribution in [0, 0.1) is 5.92 Å². The van der Waals surface area contributed by atoms with Gasteiger partial charge in [-0.2, -0.15) is 0 Å². The van der Waals surface area contributed by atoms with Crippen molar-refractivity contribution < 1.29 is 5.11 Å². The van der Waals surface area contributed by atoms with E-state index < -0.39 is 6.10 Å². The van der Waals surface area contributed by atoms with Crippen LogP contribution in [-0.2, 0) is 0 Å². The zero-order chi connectivity index (χ0) is 9.14. The Morgan fingerprint density at radius 3 is 2.50 bits per heavy atom. The molecule has 2 nitrogen and oxygen atoms in total. The summed E-state index contributed by atoms with van der Waals surface area (Å²) in [4.78, 5) is 0. The second-order valence-electron chi connectivity index (χ2n) is 3.36. The Morgan fingerprint density at radius 1 is 1.33 bits per heavy atom. The smallest absolute Gasteiger partial charge is 0.0813 e. The maximum absolute atomic E-state index is 9.67. The molecule has 0 radical (unpaired) electrons. The van der Waals surface area contributed by atoms with Crippen LogP contribution in [0.25, 0.3) is 0 Å². The van der Waals surface area contributed by atoms with Crippen LogP contribution in [0.1, 0.15) is 25.5 Å². The molecule has 66 valence electrons. The fourth-order valence-electron chi connectivity index (χ4n) is 1.13. The number of aliphatic hydroxyl groups excluding tert-OH is 1. The molecule has 0 heterocycles. The summed E-state index contributed by atoms with van der Waals surface area (Å²) in [5, 5.41) is 9.67. The number of anilines is 1. The highest BCUT2D eigenvalue weighted by Crippen LogP contribution is 2.22. The lowest BCUT2D eigenvalue weighted by atomic mass is 9.99. The number of aliphatic hydroxyl groups is 1. The summed E-state index contributed by atoms with van der Waals surface area (Å²) in [5.41, 5.74) is 7.18. The molecule has 0 aliphatic heterocycles. The third kappa shape index (κ3) is 1.98. The monoisotopic (exact) mass is 165 g/mol. The molecule has 0 spiro atoms. The van der Waals surface area contributed by atoms with Crippen molar-refractivity contribution in [2.75, 3.05) is 5.73 Å². The Balaban J connectivity index is 2.88. The van der Waals surface area contributed by atoms with Crippen LogP contribution in [0.15, 0.2) is 24.3 Å². The minimum absolute atomic E-state index is 0.229. The number of hydrogen-bond donors (Lipinski definition) is 2. The Labute approximate surface area is 73.0 Å². The zero-order valence-electron chi connectivity index (χ0n) is 7.49. The highest BCUT2D eigenvalue weighted by Gasteiger charge is 2.11. The molecule has 0 fully saturated rings.